The molecule has 0 spiro atoms. The normalized spacial score (nSPS) is 10.9. The van der Waals surface area contributed by atoms with Crippen molar-refractivity contribution in [2.75, 3.05) is 13.2 Å². The number of carbonyl (C=O) groups excluding carboxylic acids is 2. The van der Waals surface area contributed by atoms with Crippen LogP contribution in [-0.4, -0.2) is 36.3 Å². The van der Waals surface area contributed by atoms with Crippen molar-refractivity contribution < 1.29 is 32.2 Å². The molecule has 0 unspecified atom stereocenters. The van der Waals surface area contributed by atoms with Crippen molar-refractivity contribution in [1.82, 2.24) is 15.6 Å². The van der Waals surface area contributed by atoms with Gasteiger partial charge in [-0.05, 0) is 23.6 Å². The van der Waals surface area contributed by atoms with Gasteiger partial charge < -0.3 is 20.1 Å². The van der Waals surface area contributed by atoms with Gasteiger partial charge in [-0.1, -0.05) is 30.3 Å². The van der Waals surface area contributed by atoms with Crippen LogP contribution in [0.1, 0.15) is 24.0 Å². The molecular formula is C20H22F3N3O4. The lowest BCUT2D eigenvalue weighted by molar-refractivity contribution is -0.154. The van der Waals surface area contributed by atoms with Gasteiger partial charge in [0.15, 0.2) is 6.61 Å². The Kier molecular flexibility index (Phi) is 8.92. The maximum Gasteiger partial charge on any atom is 0.422 e. The van der Waals surface area contributed by atoms with Crippen LogP contribution in [0.3, 0.4) is 0 Å². The zero-order valence-corrected chi connectivity index (χ0v) is 16.1. The molecule has 2 aromatic rings. The van der Waals surface area contributed by atoms with Crippen LogP contribution in [0, 0.1) is 0 Å². The molecule has 10 heteroatoms. The highest BCUT2D eigenvalue weighted by atomic mass is 19.4. The van der Waals surface area contributed by atoms with Crippen LogP contribution in [0.25, 0.3) is 0 Å². The predicted octanol–water partition coefficient (Wildman–Crippen LogP) is 3.35. The fraction of sp³-hybridized carbons (Fsp3) is 0.350. The van der Waals surface area contributed by atoms with Gasteiger partial charge >= 0.3 is 12.3 Å². The summed E-state index contributed by atoms with van der Waals surface area (Å²) in [5.41, 5.74) is 1.42. The highest BCUT2D eigenvalue weighted by molar-refractivity contribution is 5.76. The van der Waals surface area contributed by atoms with Gasteiger partial charge in [0.2, 0.25) is 11.8 Å². The van der Waals surface area contributed by atoms with E-state index in [0.717, 1.165) is 5.56 Å². The molecule has 1 heterocycles. The van der Waals surface area contributed by atoms with E-state index in [2.05, 4.69) is 20.4 Å². The molecule has 162 valence electrons. The number of hydrogen-bond acceptors (Lipinski definition) is 5. The van der Waals surface area contributed by atoms with Crippen LogP contribution in [0.5, 0.6) is 5.88 Å². The molecule has 1 aromatic carbocycles. The number of nitrogens with one attached hydrogen (secondary N) is 2. The number of alkyl carbamates (subject to hydrolysis) is 1. The topological polar surface area (TPSA) is 89.6 Å². The number of ether oxygens (including phenoxy) is 2. The molecule has 0 atom stereocenters. The van der Waals surface area contributed by atoms with Crippen molar-refractivity contribution in [3.63, 3.8) is 0 Å². The lowest BCUT2D eigenvalue weighted by atomic mass is 10.2. The Balaban J connectivity index is 1.59. The zero-order chi connectivity index (χ0) is 21.8. The molecular weight excluding hydrogens is 403 g/mol. The molecule has 7 nitrogen and oxygen atoms in total. The summed E-state index contributed by atoms with van der Waals surface area (Å²) in [6.07, 6.45) is -3.14. The van der Waals surface area contributed by atoms with Gasteiger partial charge in [-0.15, -0.1) is 0 Å². The van der Waals surface area contributed by atoms with E-state index in [-0.39, 0.29) is 37.9 Å². The van der Waals surface area contributed by atoms with Crippen LogP contribution in [0.15, 0.2) is 48.7 Å². The number of aromatic nitrogens is 1. The number of halogens is 3. The fourth-order valence-electron chi connectivity index (χ4n) is 2.30. The minimum atomic E-state index is -4.45. The van der Waals surface area contributed by atoms with E-state index in [1.807, 2.05) is 30.3 Å². The van der Waals surface area contributed by atoms with Gasteiger partial charge in [-0.3, -0.25) is 4.79 Å². The number of pyridine rings is 1. The van der Waals surface area contributed by atoms with Crippen LogP contribution < -0.4 is 15.4 Å². The lowest BCUT2D eigenvalue weighted by Gasteiger charge is -2.10. The molecule has 0 saturated carbocycles. The summed E-state index contributed by atoms with van der Waals surface area (Å²) >= 11 is 0. The van der Waals surface area contributed by atoms with E-state index in [4.69, 9.17) is 4.74 Å². The largest absolute Gasteiger partial charge is 0.468 e. The molecule has 2 rings (SSSR count). The fourth-order valence-corrected chi connectivity index (χ4v) is 2.30. The molecule has 2 amide bonds. The molecule has 0 aliphatic rings. The van der Waals surface area contributed by atoms with E-state index in [1.54, 1.807) is 6.07 Å². The van der Waals surface area contributed by atoms with Crippen molar-refractivity contribution in [2.45, 2.75) is 32.2 Å². The minimum Gasteiger partial charge on any atom is -0.468 e. The van der Waals surface area contributed by atoms with Gasteiger partial charge in [0, 0.05) is 31.8 Å². The van der Waals surface area contributed by atoms with Crippen LogP contribution in [-0.2, 0) is 22.7 Å². The second-order valence-corrected chi connectivity index (χ2v) is 6.27. The summed E-state index contributed by atoms with van der Waals surface area (Å²) in [6.45, 7) is -0.883. The highest BCUT2D eigenvalue weighted by Gasteiger charge is 2.28. The second-order valence-electron chi connectivity index (χ2n) is 6.27. The Bertz CT molecular complexity index is 816. The van der Waals surface area contributed by atoms with Gasteiger partial charge in [-0.25, -0.2) is 9.78 Å². The number of hydrogen-bond donors (Lipinski definition) is 2. The number of alkyl halides is 3. The first-order chi connectivity index (χ1) is 14.3. The molecule has 0 bridgehead atoms. The maximum atomic E-state index is 12.2. The van der Waals surface area contributed by atoms with Crippen LogP contribution in [0.4, 0.5) is 18.0 Å². The first-order valence-electron chi connectivity index (χ1n) is 9.17. The van der Waals surface area contributed by atoms with Crippen LogP contribution in [0.2, 0.25) is 0 Å². The SMILES string of the molecule is O=C(CCCNC(=O)OCc1ccccc1)NCc1ccnc(OCC(F)(F)F)c1. The third kappa shape index (κ3) is 9.76. The molecule has 0 radical (unpaired) electrons. The summed E-state index contributed by atoms with van der Waals surface area (Å²) in [5, 5.41) is 5.20. The first-order valence-corrected chi connectivity index (χ1v) is 9.17. The summed E-state index contributed by atoms with van der Waals surface area (Å²) in [7, 11) is 0. The number of benzene rings is 1. The van der Waals surface area contributed by atoms with E-state index in [0.29, 0.717) is 12.0 Å². The van der Waals surface area contributed by atoms with Gasteiger partial charge in [0.1, 0.15) is 6.61 Å². The van der Waals surface area contributed by atoms with E-state index < -0.39 is 18.9 Å². The van der Waals surface area contributed by atoms with Crippen molar-refractivity contribution >= 4 is 12.0 Å². The average molecular weight is 425 g/mol. The van der Waals surface area contributed by atoms with Crippen molar-refractivity contribution in [3.8, 4) is 5.88 Å². The third-order valence-corrected chi connectivity index (χ3v) is 3.74. The van der Waals surface area contributed by atoms with Gasteiger partial charge in [-0.2, -0.15) is 13.2 Å². The van der Waals surface area contributed by atoms with Gasteiger partial charge in [0.05, 0.1) is 0 Å². The summed E-state index contributed by atoms with van der Waals surface area (Å²) in [4.78, 5) is 27.2. The predicted molar refractivity (Wildman–Crippen MR) is 101 cm³/mol. The standard InChI is InChI=1S/C20H22F3N3O4/c21-20(22,23)14-30-18-11-16(8-10-24-18)12-26-17(27)7-4-9-25-19(28)29-13-15-5-2-1-3-6-15/h1-3,5-6,8,10-11H,4,7,9,12-14H2,(H,25,28)(H,26,27). The molecule has 0 aliphatic heterocycles. The molecule has 0 fully saturated rings. The second kappa shape index (κ2) is 11.6. The Labute approximate surface area is 171 Å². The lowest BCUT2D eigenvalue weighted by Crippen LogP contribution is -2.27. The van der Waals surface area contributed by atoms with E-state index in [9.17, 15) is 22.8 Å². The summed E-state index contributed by atoms with van der Waals surface area (Å²) in [5.74, 6) is -0.429. The molecule has 0 saturated heterocycles. The zero-order valence-electron chi connectivity index (χ0n) is 16.1. The summed E-state index contributed by atoms with van der Waals surface area (Å²) in [6, 6.07) is 12.1. The maximum absolute atomic E-state index is 12.2. The monoisotopic (exact) mass is 425 g/mol. The summed E-state index contributed by atoms with van der Waals surface area (Å²) < 4.78 is 46.1. The molecule has 30 heavy (non-hydrogen) atoms. The van der Waals surface area contributed by atoms with Crippen molar-refractivity contribution in [2.24, 2.45) is 0 Å². The molecule has 0 aliphatic carbocycles. The minimum absolute atomic E-state index is 0.121. The third-order valence-electron chi connectivity index (χ3n) is 3.74. The van der Waals surface area contributed by atoms with Crippen molar-refractivity contribution in [1.29, 1.82) is 0 Å². The molecule has 2 N–H and O–H groups in total. The number of rotatable bonds is 10. The Morgan fingerprint density at radius 3 is 2.53 bits per heavy atom. The number of nitrogens with zero attached hydrogens (tertiary/aromatic N) is 1. The Hall–Kier alpha value is -3.30. The van der Waals surface area contributed by atoms with Crippen LogP contribution >= 0.6 is 0 Å². The molecule has 1 aromatic heterocycles. The average Bonchev–Trinajstić information content (AvgIpc) is 2.73. The Morgan fingerprint density at radius 1 is 1.03 bits per heavy atom. The first kappa shape index (κ1) is 23.0. The number of amides is 2. The number of carbonyl (C=O) groups is 2. The highest BCUT2D eigenvalue weighted by Crippen LogP contribution is 2.17. The van der Waals surface area contributed by atoms with E-state index >= 15 is 0 Å². The van der Waals surface area contributed by atoms with E-state index in [1.165, 1.54) is 12.3 Å². The van der Waals surface area contributed by atoms with Gasteiger partial charge in [0.25, 0.3) is 0 Å². The van der Waals surface area contributed by atoms with Crippen molar-refractivity contribution in [3.05, 3.63) is 59.8 Å². The smallest absolute Gasteiger partial charge is 0.422 e. The Morgan fingerprint density at radius 2 is 1.80 bits per heavy atom. The quantitative estimate of drug-likeness (QED) is 0.570.